The number of nitrogens with one attached hydrogen (secondary N) is 1. The van der Waals surface area contributed by atoms with E-state index in [4.69, 9.17) is 5.11 Å². The van der Waals surface area contributed by atoms with E-state index in [9.17, 15) is 9.59 Å². The molecule has 5 nitrogen and oxygen atoms in total. The van der Waals surface area contributed by atoms with Gasteiger partial charge in [-0.2, -0.15) is 0 Å². The molecule has 0 aromatic rings. The average Bonchev–Trinajstić information content (AvgIpc) is 2.48. The molecule has 1 aliphatic heterocycles. The second-order valence-corrected chi connectivity index (χ2v) is 3.49. The zero-order valence-corrected chi connectivity index (χ0v) is 7.76. The maximum atomic E-state index is 11.0. The first-order chi connectivity index (χ1) is 6.22. The van der Waals surface area contributed by atoms with Crippen molar-refractivity contribution < 1.29 is 14.7 Å². The molecule has 1 rings (SSSR count). The van der Waals surface area contributed by atoms with Crippen molar-refractivity contribution in [2.75, 3.05) is 18.9 Å². The maximum Gasteiger partial charge on any atom is 0.256 e. The number of carbonyl (C=O) groups is 2. The highest BCUT2D eigenvalue weighted by Gasteiger charge is 2.16. The van der Waals surface area contributed by atoms with Crippen LogP contribution in [0.4, 0.5) is 0 Å². The van der Waals surface area contributed by atoms with E-state index in [-0.39, 0.29) is 31.4 Å². The maximum absolute atomic E-state index is 11.0. The summed E-state index contributed by atoms with van der Waals surface area (Å²) in [7, 11) is 0. The van der Waals surface area contributed by atoms with Crippen molar-refractivity contribution in [3.05, 3.63) is 0 Å². The van der Waals surface area contributed by atoms with Gasteiger partial charge in [0.2, 0.25) is 5.91 Å². The minimum absolute atomic E-state index is 0.0791. The molecule has 0 unspecified atom stereocenters. The van der Waals surface area contributed by atoms with Gasteiger partial charge in [0.25, 0.3) is 5.91 Å². The first kappa shape index (κ1) is 10.2. The number of thioether (sulfide) groups is 1. The topological polar surface area (TPSA) is 78.8 Å². The Labute approximate surface area is 79.6 Å². The smallest absolute Gasteiger partial charge is 0.256 e. The summed E-state index contributed by atoms with van der Waals surface area (Å²) >= 11 is 1.29. The van der Waals surface area contributed by atoms with Gasteiger partial charge in [-0.1, -0.05) is 0 Å². The molecule has 0 aromatic heterocycles. The fourth-order valence-electron chi connectivity index (χ4n) is 0.834. The molecule has 0 aliphatic carbocycles. The number of aliphatic imine (C=N–C) groups is 1. The van der Waals surface area contributed by atoms with Crippen LogP contribution in [0.3, 0.4) is 0 Å². The zero-order chi connectivity index (χ0) is 9.68. The van der Waals surface area contributed by atoms with Crippen LogP contribution in [0.5, 0.6) is 0 Å². The van der Waals surface area contributed by atoms with Crippen LogP contribution >= 0.6 is 11.8 Å². The van der Waals surface area contributed by atoms with E-state index >= 15 is 0 Å². The molecule has 72 valence electrons. The van der Waals surface area contributed by atoms with Crippen LogP contribution in [0.15, 0.2) is 4.99 Å². The number of hydrogen-bond acceptors (Lipinski definition) is 4. The second-order valence-electron chi connectivity index (χ2n) is 2.44. The molecule has 1 aliphatic rings. The molecular formula is C7H10N2O3S. The van der Waals surface area contributed by atoms with Crippen molar-refractivity contribution in [2.24, 2.45) is 4.99 Å². The molecule has 0 fully saturated rings. The minimum atomic E-state index is -0.213. The van der Waals surface area contributed by atoms with Gasteiger partial charge in [-0.25, -0.2) is 4.99 Å². The summed E-state index contributed by atoms with van der Waals surface area (Å²) in [5, 5.41) is 11.4. The highest BCUT2D eigenvalue weighted by atomic mass is 32.2. The molecule has 0 spiro atoms. The largest absolute Gasteiger partial charge is 0.395 e. The Hall–Kier alpha value is -0.880. The number of aliphatic hydroxyl groups is 1. The molecule has 13 heavy (non-hydrogen) atoms. The van der Waals surface area contributed by atoms with Crippen LogP contribution in [-0.2, 0) is 9.59 Å². The Morgan fingerprint density at radius 1 is 1.69 bits per heavy atom. The molecule has 0 atom stereocenters. The lowest BCUT2D eigenvalue weighted by Crippen LogP contribution is -2.27. The van der Waals surface area contributed by atoms with Crippen LogP contribution < -0.4 is 5.32 Å². The van der Waals surface area contributed by atoms with Crippen LogP contribution in [0.25, 0.3) is 0 Å². The lowest BCUT2D eigenvalue weighted by atomic mass is 10.4. The molecular weight excluding hydrogens is 192 g/mol. The molecule has 1 heterocycles. The van der Waals surface area contributed by atoms with Gasteiger partial charge in [-0.3, -0.25) is 9.59 Å². The molecule has 0 radical (unpaired) electrons. The predicted molar refractivity (Wildman–Crippen MR) is 49.6 cm³/mol. The van der Waals surface area contributed by atoms with Crippen molar-refractivity contribution >= 4 is 28.6 Å². The highest BCUT2D eigenvalue weighted by Crippen LogP contribution is 2.15. The molecule has 6 heteroatoms. The molecule has 0 saturated heterocycles. The number of hydrogen-bond donors (Lipinski definition) is 2. The van der Waals surface area contributed by atoms with E-state index in [1.54, 1.807) is 0 Å². The Morgan fingerprint density at radius 2 is 2.46 bits per heavy atom. The number of carbonyl (C=O) groups excluding carboxylic acids is 2. The molecule has 2 N–H and O–H groups in total. The lowest BCUT2D eigenvalue weighted by Gasteiger charge is -2.00. The lowest BCUT2D eigenvalue weighted by molar-refractivity contribution is -0.120. The van der Waals surface area contributed by atoms with Gasteiger partial charge in [0.15, 0.2) is 0 Å². The van der Waals surface area contributed by atoms with E-state index in [2.05, 4.69) is 10.3 Å². The first-order valence-corrected chi connectivity index (χ1v) is 4.81. The van der Waals surface area contributed by atoms with Crippen molar-refractivity contribution in [2.45, 2.75) is 6.42 Å². The fraction of sp³-hybridized carbons (Fsp3) is 0.571. The molecule has 0 bridgehead atoms. The number of aliphatic hydroxyl groups excluding tert-OH is 1. The summed E-state index contributed by atoms with van der Waals surface area (Å²) in [4.78, 5) is 25.4. The van der Waals surface area contributed by atoms with Gasteiger partial charge in [-0.15, -0.1) is 11.8 Å². The standard InChI is InChI=1S/C7H10N2O3S/c10-2-1-8-5(11)3-7-9-6(12)4-13-7/h10H,1-4H2,(H,8,11). The van der Waals surface area contributed by atoms with Crippen LogP contribution in [0.1, 0.15) is 6.42 Å². The summed E-state index contributed by atoms with van der Waals surface area (Å²) in [6.45, 7) is 0.162. The third-order valence-electron chi connectivity index (χ3n) is 1.36. The average molecular weight is 202 g/mol. The monoisotopic (exact) mass is 202 g/mol. The van der Waals surface area contributed by atoms with E-state index in [0.717, 1.165) is 0 Å². The quantitative estimate of drug-likeness (QED) is 0.623. The first-order valence-electron chi connectivity index (χ1n) is 3.83. The molecule has 0 aromatic carbocycles. The molecule has 0 saturated carbocycles. The van der Waals surface area contributed by atoms with Crippen LogP contribution in [0, 0.1) is 0 Å². The van der Waals surface area contributed by atoms with Crippen molar-refractivity contribution in [1.29, 1.82) is 0 Å². The van der Waals surface area contributed by atoms with E-state index in [0.29, 0.717) is 10.8 Å². The summed E-state index contributed by atoms with van der Waals surface area (Å²) < 4.78 is 0. The van der Waals surface area contributed by atoms with Gasteiger partial charge in [0.05, 0.1) is 23.8 Å². The third kappa shape index (κ3) is 3.56. The zero-order valence-electron chi connectivity index (χ0n) is 6.95. The molecule has 2 amide bonds. The SMILES string of the molecule is O=C1CSC(CC(=O)NCCO)=N1. The minimum Gasteiger partial charge on any atom is -0.395 e. The Morgan fingerprint density at radius 3 is 3.00 bits per heavy atom. The van der Waals surface area contributed by atoms with Crippen molar-refractivity contribution in [1.82, 2.24) is 5.32 Å². The summed E-state index contributed by atoms with van der Waals surface area (Å²) in [6, 6.07) is 0. The van der Waals surface area contributed by atoms with Gasteiger partial charge < -0.3 is 10.4 Å². The number of amides is 2. The Balaban J connectivity index is 2.28. The normalized spacial score (nSPS) is 15.8. The summed E-state index contributed by atoms with van der Waals surface area (Å²) in [6.07, 6.45) is 0.135. The number of nitrogens with zero attached hydrogens (tertiary/aromatic N) is 1. The van der Waals surface area contributed by atoms with E-state index in [1.807, 2.05) is 0 Å². The predicted octanol–water partition coefficient (Wildman–Crippen LogP) is -0.843. The van der Waals surface area contributed by atoms with E-state index < -0.39 is 0 Å². The van der Waals surface area contributed by atoms with Crippen molar-refractivity contribution in [3.63, 3.8) is 0 Å². The third-order valence-corrected chi connectivity index (χ3v) is 2.32. The van der Waals surface area contributed by atoms with E-state index in [1.165, 1.54) is 11.8 Å². The summed E-state index contributed by atoms with van der Waals surface area (Å²) in [5.74, 6) is -0.0623. The van der Waals surface area contributed by atoms with Gasteiger partial charge in [0, 0.05) is 6.54 Å². The Bertz CT molecular complexity index is 252. The van der Waals surface area contributed by atoms with Crippen LogP contribution in [0.2, 0.25) is 0 Å². The summed E-state index contributed by atoms with van der Waals surface area (Å²) in [5.41, 5.74) is 0. The van der Waals surface area contributed by atoms with Gasteiger partial charge in [-0.05, 0) is 0 Å². The van der Waals surface area contributed by atoms with Gasteiger partial charge >= 0.3 is 0 Å². The van der Waals surface area contributed by atoms with Crippen LogP contribution in [-0.4, -0.2) is 40.9 Å². The van der Waals surface area contributed by atoms with Gasteiger partial charge in [0.1, 0.15) is 0 Å². The number of rotatable bonds is 4. The second kappa shape index (κ2) is 4.98. The van der Waals surface area contributed by atoms with Crippen molar-refractivity contribution in [3.8, 4) is 0 Å². The Kier molecular flexibility index (Phi) is 3.91. The fourth-order valence-corrected chi connectivity index (χ4v) is 1.59. The highest BCUT2D eigenvalue weighted by molar-refractivity contribution is 8.15.